The van der Waals surface area contributed by atoms with Crippen molar-refractivity contribution in [3.63, 3.8) is 0 Å². The van der Waals surface area contributed by atoms with E-state index in [4.69, 9.17) is 27.9 Å². The highest BCUT2D eigenvalue weighted by molar-refractivity contribution is 6.69. The molecule has 0 bridgehead atoms. The zero-order valence-electron chi connectivity index (χ0n) is 7.96. The van der Waals surface area contributed by atoms with Gasteiger partial charge in [0.05, 0.1) is 7.11 Å². The van der Waals surface area contributed by atoms with Crippen molar-refractivity contribution in [1.29, 1.82) is 0 Å². The number of carbonyl (C=O) groups is 1. The maximum Gasteiger partial charge on any atom is 0.205 e. The molecule has 0 amide bonds. The van der Waals surface area contributed by atoms with Crippen LogP contribution in [0.1, 0.15) is 5.56 Å². The Balaban J connectivity index is 2.33. The van der Waals surface area contributed by atoms with Crippen LogP contribution in [0, 0.1) is 0 Å². The van der Waals surface area contributed by atoms with E-state index in [1.54, 1.807) is 19.2 Å². The van der Waals surface area contributed by atoms with Crippen LogP contribution < -0.4 is 4.74 Å². The second kappa shape index (κ2) is 3.54. The maximum absolute atomic E-state index is 11.1. The lowest BCUT2D eigenvalue weighted by atomic mass is 9.89. The maximum atomic E-state index is 11.1. The number of halogens is 2. The number of methoxy groups -OCH3 is 1. The molecule has 0 saturated heterocycles. The highest BCUT2D eigenvalue weighted by Gasteiger charge is 2.45. The Bertz CT molecular complexity index is 432. The lowest BCUT2D eigenvalue weighted by Crippen LogP contribution is -2.34. The van der Waals surface area contributed by atoms with E-state index >= 15 is 0 Å². The minimum absolute atomic E-state index is 0.267. The summed E-state index contributed by atoms with van der Waals surface area (Å²) >= 11 is 11.7. The van der Waals surface area contributed by atoms with Crippen molar-refractivity contribution in [2.45, 2.75) is 4.33 Å². The van der Waals surface area contributed by atoms with Gasteiger partial charge in [-0.05, 0) is 23.8 Å². The van der Waals surface area contributed by atoms with Crippen LogP contribution in [0.5, 0.6) is 5.75 Å². The number of benzene rings is 1. The van der Waals surface area contributed by atoms with Crippen LogP contribution in [0.2, 0.25) is 0 Å². The third kappa shape index (κ3) is 1.64. The highest BCUT2D eigenvalue weighted by atomic mass is 35.5. The lowest BCUT2D eigenvalue weighted by molar-refractivity contribution is -0.115. The standard InChI is InChI=1S/C11H8Cl2O2/c1-15-8-4-2-7(3-5-8)9-6-10(14)11(9,12)13/h2-6H,1H3. The number of ether oxygens (including phenoxy) is 1. The van der Waals surface area contributed by atoms with Crippen molar-refractivity contribution in [2.75, 3.05) is 7.11 Å². The molecular weight excluding hydrogens is 235 g/mol. The molecule has 0 saturated carbocycles. The molecule has 15 heavy (non-hydrogen) atoms. The summed E-state index contributed by atoms with van der Waals surface area (Å²) in [5.41, 5.74) is 1.47. The molecule has 78 valence electrons. The fourth-order valence-corrected chi connectivity index (χ4v) is 1.84. The number of ketones is 1. The van der Waals surface area contributed by atoms with Gasteiger partial charge in [0.15, 0.2) is 5.78 Å². The van der Waals surface area contributed by atoms with Gasteiger partial charge in [0, 0.05) is 5.57 Å². The van der Waals surface area contributed by atoms with E-state index < -0.39 is 4.33 Å². The van der Waals surface area contributed by atoms with Gasteiger partial charge in [-0.1, -0.05) is 35.3 Å². The number of hydrogen-bond acceptors (Lipinski definition) is 2. The van der Waals surface area contributed by atoms with E-state index in [1.807, 2.05) is 12.1 Å². The number of hydrogen-bond donors (Lipinski definition) is 0. The number of carbonyl (C=O) groups excluding carboxylic acids is 1. The summed E-state index contributed by atoms with van der Waals surface area (Å²) in [5, 5.41) is 0. The molecule has 0 fully saturated rings. The zero-order valence-corrected chi connectivity index (χ0v) is 9.47. The Morgan fingerprint density at radius 2 is 1.80 bits per heavy atom. The molecule has 1 aromatic rings. The molecule has 1 aliphatic rings. The van der Waals surface area contributed by atoms with Crippen molar-refractivity contribution in [1.82, 2.24) is 0 Å². The fourth-order valence-electron chi connectivity index (χ4n) is 1.40. The first-order valence-electron chi connectivity index (χ1n) is 4.34. The molecule has 2 rings (SSSR count). The van der Waals surface area contributed by atoms with E-state index in [1.165, 1.54) is 6.08 Å². The van der Waals surface area contributed by atoms with Gasteiger partial charge < -0.3 is 4.74 Å². The molecule has 0 N–H and O–H groups in total. The predicted octanol–water partition coefficient (Wildman–Crippen LogP) is 2.84. The second-order valence-corrected chi connectivity index (χ2v) is 4.55. The first-order chi connectivity index (χ1) is 7.05. The summed E-state index contributed by atoms with van der Waals surface area (Å²) in [5.74, 6) is 0.483. The molecule has 0 aromatic heterocycles. The van der Waals surface area contributed by atoms with E-state index in [2.05, 4.69) is 0 Å². The summed E-state index contributed by atoms with van der Waals surface area (Å²) in [7, 11) is 1.59. The van der Waals surface area contributed by atoms with E-state index in [0.717, 1.165) is 11.3 Å². The molecule has 0 unspecified atom stereocenters. The van der Waals surface area contributed by atoms with E-state index in [-0.39, 0.29) is 5.78 Å². The fraction of sp³-hybridized carbons (Fsp3) is 0.182. The minimum Gasteiger partial charge on any atom is -0.497 e. The average molecular weight is 243 g/mol. The van der Waals surface area contributed by atoms with Crippen LogP contribution in [0.4, 0.5) is 0 Å². The third-order valence-electron chi connectivity index (χ3n) is 2.32. The molecule has 0 atom stereocenters. The first kappa shape index (κ1) is 10.5. The molecule has 1 aliphatic carbocycles. The van der Waals surface area contributed by atoms with Gasteiger partial charge in [0.2, 0.25) is 4.33 Å². The van der Waals surface area contributed by atoms with E-state index in [0.29, 0.717) is 5.57 Å². The third-order valence-corrected chi connectivity index (χ3v) is 3.10. The van der Waals surface area contributed by atoms with Gasteiger partial charge in [-0.15, -0.1) is 0 Å². The molecule has 0 aliphatic heterocycles. The lowest BCUT2D eigenvalue weighted by Gasteiger charge is -2.28. The number of rotatable bonds is 2. The van der Waals surface area contributed by atoms with Crippen LogP contribution in [-0.4, -0.2) is 17.2 Å². The van der Waals surface area contributed by atoms with Crippen LogP contribution >= 0.6 is 23.2 Å². The van der Waals surface area contributed by atoms with Crippen molar-refractivity contribution < 1.29 is 9.53 Å². The molecule has 2 nitrogen and oxygen atoms in total. The summed E-state index contributed by atoms with van der Waals surface area (Å²) in [6.07, 6.45) is 1.45. The van der Waals surface area contributed by atoms with Gasteiger partial charge in [0.25, 0.3) is 0 Å². The SMILES string of the molecule is COc1ccc(C2=CC(=O)C2(Cl)Cl)cc1. The normalized spacial score (nSPS) is 18.1. The topological polar surface area (TPSA) is 26.3 Å². The summed E-state index contributed by atoms with van der Waals surface area (Å²) in [6.45, 7) is 0. The van der Waals surface area contributed by atoms with Crippen LogP contribution in [-0.2, 0) is 4.79 Å². The quantitative estimate of drug-likeness (QED) is 0.746. The van der Waals surface area contributed by atoms with Crippen LogP contribution in [0.3, 0.4) is 0 Å². The van der Waals surface area contributed by atoms with E-state index in [9.17, 15) is 4.79 Å². The summed E-state index contributed by atoms with van der Waals surface area (Å²) in [4.78, 5) is 11.1. The largest absolute Gasteiger partial charge is 0.497 e. The Kier molecular flexibility index (Phi) is 2.49. The minimum atomic E-state index is -1.38. The van der Waals surface area contributed by atoms with Gasteiger partial charge in [0.1, 0.15) is 5.75 Å². The molecule has 0 radical (unpaired) electrons. The second-order valence-electron chi connectivity index (χ2n) is 3.23. The molecular formula is C11H8Cl2O2. The molecule has 0 heterocycles. The van der Waals surface area contributed by atoms with Gasteiger partial charge in [-0.2, -0.15) is 0 Å². The van der Waals surface area contributed by atoms with Crippen LogP contribution in [0.25, 0.3) is 5.57 Å². The van der Waals surface area contributed by atoms with Crippen molar-refractivity contribution in [3.05, 3.63) is 35.9 Å². The summed E-state index contributed by atoms with van der Waals surface area (Å²) in [6, 6.07) is 7.22. The number of alkyl halides is 2. The highest BCUT2D eigenvalue weighted by Crippen LogP contribution is 2.45. The number of allylic oxidation sites excluding steroid dienone is 2. The monoisotopic (exact) mass is 242 g/mol. The Morgan fingerprint density at radius 1 is 1.20 bits per heavy atom. The summed E-state index contributed by atoms with van der Waals surface area (Å²) < 4.78 is 3.64. The van der Waals surface area contributed by atoms with Crippen molar-refractivity contribution in [2.24, 2.45) is 0 Å². The molecule has 4 heteroatoms. The van der Waals surface area contributed by atoms with Crippen molar-refractivity contribution >= 4 is 34.6 Å². The smallest absolute Gasteiger partial charge is 0.205 e. The molecule has 1 aromatic carbocycles. The Labute approximate surface area is 97.4 Å². The Hall–Kier alpha value is -0.990. The van der Waals surface area contributed by atoms with Gasteiger partial charge in [-0.3, -0.25) is 4.79 Å². The van der Waals surface area contributed by atoms with Crippen LogP contribution in [0.15, 0.2) is 30.3 Å². The Morgan fingerprint density at radius 3 is 2.20 bits per heavy atom. The predicted molar refractivity (Wildman–Crippen MR) is 60.4 cm³/mol. The van der Waals surface area contributed by atoms with Crippen molar-refractivity contribution in [3.8, 4) is 5.75 Å². The average Bonchev–Trinajstić information content (AvgIpc) is 2.26. The first-order valence-corrected chi connectivity index (χ1v) is 5.10. The molecule has 0 spiro atoms. The van der Waals surface area contributed by atoms with Gasteiger partial charge >= 0.3 is 0 Å². The van der Waals surface area contributed by atoms with Gasteiger partial charge in [-0.25, -0.2) is 0 Å². The zero-order chi connectivity index (χ0) is 11.1.